The normalized spacial score (nSPS) is 21.7. The fourth-order valence-corrected chi connectivity index (χ4v) is 4.39. The number of halogens is 8. The van der Waals surface area contributed by atoms with E-state index < -0.39 is 70.9 Å². The van der Waals surface area contributed by atoms with Crippen LogP contribution in [-0.2, 0) is 26.2 Å². The molecule has 0 spiro atoms. The summed E-state index contributed by atoms with van der Waals surface area (Å²) in [5.41, 5.74) is -2.05. The van der Waals surface area contributed by atoms with Gasteiger partial charge in [0.25, 0.3) is 11.8 Å². The Balaban J connectivity index is 1.48. The van der Waals surface area contributed by atoms with Crippen LogP contribution in [0, 0.1) is 12.7 Å². The summed E-state index contributed by atoms with van der Waals surface area (Å²) in [7, 11) is 0. The molecule has 2 atom stereocenters. The number of alkyl halides is 6. The first-order valence-electron chi connectivity index (χ1n) is 11.2. The molecule has 2 aromatic rings. The van der Waals surface area contributed by atoms with Crippen molar-refractivity contribution in [2.45, 2.75) is 44.3 Å². The second-order valence-electron chi connectivity index (χ2n) is 9.20. The number of nitrogens with zero attached hydrogens (tertiary/aromatic N) is 2. The number of carbonyl (C=O) groups excluding carboxylic acids is 2. The fourth-order valence-electron chi connectivity index (χ4n) is 4.17. The van der Waals surface area contributed by atoms with Crippen LogP contribution in [0.25, 0.3) is 0 Å². The van der Waals surface area contributed by atoms with Crippen molar-refractivity contribution in [1.29, 1.82) is 0 Å². The topological polar surface area (TPSA) is 80.2 Å². The van der Waals surface area contributed by atoms with Crippen LogP contribution in [0.1, 0.15) is 46.0 Å². The van der Waals surface area contributed by atoms with Crippen LogP contribution in [0.15, 0.2) is 35.5 Å². The quantitative estimate of drug-likeness (QED) is 0.487. The van der Waals surface area contributed by atoms with Gasteiger partial charge in [-0.05, 0) is 49.2 Å². The Morgan fingerprint density at radius 1 is 1.21 bits per heavy atom. The number of oxime groups is 1. The maximum Gasteiger partial charge on any atom is 0.416 e. The molecule has 2 amide bonds. The van der Waals surface area contributed by atoms with Crippen molar-refractivity contribution in [2.75, 3.05) is 13.2 Å². The van der Waals surface area contributed by atoms with E-state index in [-0.39, 0.29) is 22.8 Å². The summed E-state index contributed by atoms with van der Waals surface area (Å²) in [5, 5.41) is 5.65. The minimum atomic E-state index is -4.77. The first kappa shape index (κ1) is 28.6. The molecule has 15 heteroatoms. The number of nitrogens with one attached hydrogen (secondary N) is 1. The van der Waals surface area contributed by atoms with Gasteiger partial charge in [0.1, 0.15) is 25.0 Å². The lowest BCUT2D eigenvalue weighted by molar-refractivity contribution is -0.214. The highest BCUT2D eigenvalue weighted by Crippen LogP contribution is 2.42. The van der Waals surface area contributed by atoms with Gasteiger partial charge in [-0.3, -0.25) is 14.4 Å². The Morgan fingerprint density at radius 2 is 1.90 bits per heavy atom. The van der Waals surface area contributed by atoms with Crippen LogP contribution in [0.5, 0.6) is 0 Å². The molecule has 39 heavy (non-hydrogen) atoms. The van der Waals surface area contributed by atoms with Crippen LogP contribution in [0.2, 0.25) is 5.02 Å². The molecule has 1 saturated heterocycles. The third kappa shape index (κ3) is 5.96. The third-order valence-corrected chi connectivity index (χ3v) is 6.44. The Morgan fingerprint density at radius 3 is 2.51 bits per heavy atom. The van der Waals surface area contributed by atoms with Gasteiger partial charge in [-0.2, -0.15) is 26.3 Å². The van der Waals surface area contributed by atoms with Gasteiger partial charge >= 0.3 is 12.4 Å². The van der Waals surface area contributed by atoms with Gasteiger partial charge in [0.05, 0.1) is 16.3 Å². The fraction of sp³-hybridized carbons (Fsp3) is 0.375. The molecule has 0 bridgehead atoms. The molecule has 1 N–H and O–H groups in total. The molecule has 2 aliphatic heterocycles. The molecule has 0 radical (unpaired) electrons. The van der Waals surface area contributed by atoms with E-state index in [9.17, 15) is 40.3 Å². The van der Waals surface area contributed by atoms with Crippen molar-refractivity contribution in [3.8, 4) is 0 Å². The lowest BCUT2D eigenvalue weighted by Crippen LogP contribution is -2.44. The minimum absolute atomic E-state index is 0.0961. The number of hydrogen-bond acceptors (Lipinski definition) is 5. The van der Waals surface area contributed by atoms with Crippen molar-refractivity contribution < 1.29 is 50.0 Å². The standard InChI is InChI=1S/C24H19ClF7N3O4/c1-11-5-12(3-4-14(11)20(36)33-18-9-38-35(21(18)37)10-23(27,28)29)17-8-22(2,39-34-17)15-6-13(24(30,31)32)7-16(25)19(15)26/h3-7,18H,8-10H2,1-2H3,(H,33,36)/t18-,22?/m1/s1. The largest absolute Gasteiger partial charge is 0.416 e. The summed E-state index contributed by atoms with van der Waals surface area (Å²) in [6.45, 7) is 0.811. The zero-order valence-corrected chi connectivity index (χ0v) is 20.9. The molecule has 0 aromatic heterocycles. The highest BCUT2D eigenvalue weighted by Gasteiger charge is 2.43. The Hall–Kier alpha value is -3.39. The summed E-state index contributed by atoms with van der Waals surface area (Å²) in [4.78, 5) is 34.9. The van der Waals surface area contributed by atoms with E-state index in [1.165, 1.54) is 25.1 Å². The summed E-state index contributed by atoms with van der Waals surface area (Å²) < 4.78 is 92.2. The van der Waals surface area contributed by atoms with E-state index in [4.69, 9.17) is 21.3 Å². The van der Waals surface area contributed by atoms with Crippen molar-refractivity contribution in [3.63, 3.8) is 0 Å². The average molecular weight is 582 g/mol. The van der Waals surface area contributed by atoms with Crippen molar-refractivity contribution in [3.05, 3.63) is 69.0 Å². The molecule has 1 unspecified atom stereocenters. The molecule has 4 rings (SSSR count). The molecule has 1 fully saturated rings. The minimum Gasteiger partial charge on any atom is -0.384 e. The maximum absolute atomic E-state index is 14.7. The number of carbonyl (C=O) groups is 2. The number of amides is 2. The maximum atomic E-state index is 14.7. The van der Waals surface area contributed by atoms with Crippen molar-refractivity contribution >= 4 is 29.1 Å². The molecule has 2 heterocycles. The number of aryl methyl sites for hydroxylation is 1. The first-order chi connectivity index (χ1) is 18.0. The van der Waals surface area contributed by atoms with Gasteiger partial charge < -0.3 is 10.2 Å². The van der Waals surface area contributed by atoms with Gasteiger partial charge in [0, 0.05) is 17.5 Å². The molecule has 7 nitrogen and oxygen atoms in total. The van der Waals surface area contributed by atoms with Gasteiger partial charge in [-0.15, -0.1) is 0 Å². The van der Waals surface area contributed by atoms with E-state index in [2.05, 4.69) is 10.5 Å². The second kappa shape index (κ2) is 9.97. The van der Waals surface area contributed by atoms with Crippen LogP contribution in [0.4, 0.5) is 30.7 Å². The lowest BCUT2D eigenvalue weighted by atomic mass is 9.87. The molecule has 210 valence electrons. The van der Waals surface area contributed by atoms with Crippen molar-refractivity contribution in [2.24, 2.45) is 5.16 Å². The van der Waals surface area contributed by atoms with E-state index in [0.717, 1.165) is 0 Å². The van der Waals surface area contributed by atoms with Gasteiger partial charge in [-0.25, -0.2) is 9.45 Å². The molecule has 2 aliphatic rings. The summed E-state index contributed by atoms with van der Waals surface area (Å²) in [5.74, 6) is -2.87. The van der Waals surface area contributed by atoms with Crippen molar-refractivity contribution in [1.82, 2.24) is 10.4 Å². The predicted octanol–water partition coefficient (Wildman–Crippen LogP) is 5.28. The van der Waals surface area contributed by atoms with Gasteiger partial charge in [-0.1, -0.05) is 22.8 Å². The van der Waals surface area contributed by atoms with Crippen LogP contribution >= 0.6 is 11.6 Å². The number of benzene rings is 2. The summed E-state index contributed by atoms with van der Waals surface area (Å²) in [6.07, 6.45) is -9.58. The Kier molecular flexibility index (Phi) is 7.32. The van der Waals surface area contributed by atoms with E-state index in [1.807, 2.05) is 0 Å². The van der Waals surface area contributed by atoms with Crippen LogP contribution in [0.3, 0.4) is 0 Å². The number of hydrogen-bond donors (Lipinski definition) is 1. The molecule has 2 aromatic carbocycles. The molecular weight excluding hydrogens is 563 g/mol. The smallest absolute Gasteiger partial charge is 0.384 e. The second-order valence-corrected chi connectivity index (χ2v) is 9.60. The third-order valence-electron chi connectivity index (χ3n) is 6.16. The SMILES string of the molecule is Cc1cc(C2=NOC(C)(c3cc(C(F)(F)F)cc(Cl)c3F)C2)ccc1C(=O)N[C@@H]1CON(CC(F)(F)F)C1=O. The zero-order valence-electron chi connectivity index (χ0n) is 20.1. The Labute approximate surface area is 221 Å². The van der Waals surface area contributed by atoms with E-state index in [0.29, 0.717) is 23.3 Å². The van der Waals surface area contributed by atoms with Crippen LogP contribution in [-0.4, -0.2) is 48.0 Å². The Bertz CT molecular complexity index is 1360. The summed E-state index contributed by atoms with van der Waals surface area (Å²) >= 11 is 5.71. The molecule has 0 saturated carbocycles. The highest BCUT2D eigenvalue weighted by molar-refractivity contribution is 6.30. The number of hydroxylamine groups is 2. The van der Waals surface area contributed by atoms with Gasteiger partial charge in [0.15, 0.2) is 5.60 Å². The first-order valence-corrected chi connectivity index (χ1v) is 11.6. The zero-order chi connectivity index (χ0) is 28.9. The average Bonchev–Trinajstić information content (AvgIpc) is 3.37. The van der Waals surface area contributed by atoms with E-state index in [1.54, 1.807) is 6.92 Å². The number of rotatable bonds is 5. The molecular formula is C24H19ClF7N3O4. The summed E-state index contributed by atoms with van der Waals surface area (Å²) in [6, 6.07) is 4.11. The lowest BCUT2D eigenvalue weighted by Gasteiger charge is -2.24. The van der Waals surface area contributed by atoms with Gasteiger partial charge in [0.2, 0.25) is 0 Å². The van der Waals surface area contributed by atoms with Crippen LogP contribution < -0.4 is 5.32 Å². The molecule has 0 aliphatic carbocycles. The predicted molar refractivity (Wildman–Crippen MR) is 122 cm³/mol. The monoisotopic (exact) mass is 581 g/mol. The van der Waals surface area contributed by atoms with E-state index >= 15 is 0 Å². The highest BCUT2D eigenvalue weighted by atomic mass is 35.5.